The number of nitrogens with one attached hydrogen (secondary N) is 1. The van der Waals surface area contributed by atoms with Crippen molar-refractivity contribution in [3.63, 3.8) is 0 Å². The van der Waals surface area contributed by atoms with Gasteiger partial charge in [0.05, 0.1) is 0 Å². The molecule has 0 spiro atoms. The molecule has 50 valence electrons. The van der Waals surface area contributed by atoms with E-state index in [-0.39, 0.29) is 9.00 Å². The molecule has 0 radical (unpaired) electrons. The highest BCUT2D eigenvalue weighted by atomic mass is 16.5. The maximum absolute atomic E-state index is 7.95. The Morgan fingerprint density at radius 3 is 2.43 bits per heavy atom. The molecular weight excluding hydrogens is 92.1 g/mol. The molecule has 0 unspecified atom stereocenters. The van der Waals surface area contributed by atoms with Gasteiger partial charge in [0.1, 0.15) is 0 Å². The molecule has 3 nitrogen and oxygen atoms in total. The minimum atomic E-state index is 0. The van der Waals surface area contributed by atoms with Crippen molar-refractivity contribution in [3.05, 3.63) is 0 Å². The summed E-state index contributed by atoms with van der Waals surface area (Å²) in [4.78, 5) is 0. The first-order valence-electron chi connectivity index (χ1n) is 2.28. The fourth-order valence-corrected chi connectivity index (χ4v) is 0.256. The third-order valence-electron chi connectivity index (χ3n) is 0.642. The van der Waals surface area contributed by atoms with E-state index in [0.717, 1.165) is 19.4 Å². The normalized spacial score (nSPS) is 7.71. The van der Waals surface area contributed by atoms with Gasteiger partial charge in [-0.3, -0.25) is 0 Å². The number of hydrogen-bond donors (Lipinski definition) is 3. The largest absolute Gasteiger partial charge is 0.344 e. The number of unbranched alkanes of at least 4 members (excludes halogenated alkanes) is 1. The highest BCUT2D eigenvalue weighted by molar-refractivity contribution is 4.30. The Kier molecular flexibility index (Phi) is 13.3. The van der Waals surface area contributed by atoms with Gasteiger partial charge in [0.2, 0.25) is 0 Å². The van der Waals surface area contributed by atoms with Gasteiger partial charge in [-0.05, 0) is 6.42 Å². The average molecular weight is 110 g/mol. The van der Waals surface area contributed by atoms with Crippen molar-refractivity contribution in [1.29, 1.82) is 0 Å². The van der Waals surface area contributed by atoms with Crippen molar-refractivity contribution in [2.24, 2.45) is 0 Å². The summed E-state index contributed by atoms with van der Waals surface area (Å²) in [6.07, 6.45) is 2.18. The molecule has 7 heavy (non-hydrogen) atoms. The van der Waals surface area contributed by atoms with Gasteiger partial charge in [-0.2, -0.15) is 0 Å². The molecule has 0 bridgehead atoms. The SMILES string of the molecule is CCCCNO.N.[HH].[HH]. The van der Waals surface area contributed by atoms with E-state index in [4.69, 9.17) is 5.21 Å². The summed E-state index contributed by atoms with van der Waals surface area (Å²) in [6, 6.07) is 0. The minimum Gasteiger partial charge on any atom is -0.344 e. The third kappa shape index (κ3) is 10.7. The lowest BCUT2D eigenvalue weighted by Gasteiger charge is -1.88. The van der Waals surface area contributed by atoms with E-state index in [0.29, 0.717) is 0 Å². The summed E-state index contributed by atoms with van der Waals surface area (Å²) < 4.78 is 0. The molecule has 0 aliphatic rings. The topological polar surface area (TPSA) is 67.3 Å². The summed E-state index contributed by atoms with van der Waals surface area (Å²) in [5.41, 5.74) is 2.07. The maximum atomic E-state index is 7.95. The molecule has 0 aliphatic carbocycles. The quantitative estimate of drug-likeness (QED) is 0.380. The maximum Gasteiger partial charge on any atom is 0.0207 e. The minimum absolute atomic E-state index is 0. The van der Waals surface area contributed by atoms with Gasteiger partial charge in [0, 0.05) is 9.40 Å². The standard InChI is InChI=1S/C4H11NO.H3N.2H2/c1-2-3-4-5-6;;;/h5-6H,2-4H2,1H3;1H3;2*1H. The lowest BCUT2D eigenvalue weighted by atomic mass is 10.3. The van der Waals surface area contributed by atoms with Gasteiger partial charge >= 0.3 is 0 Å². The van der Waals surface area contributed by atoms with Crippen LogP contribution in [0.25, 0.3) is 0 Å². The second kappa shape index (κ2) is 9.30. The van der Waals surface area contributed by atoms with Crippen LogP contribution in [0.3, 0.4) is 0 Å². The molecule has 3 heteroatoms. The van der Waals surface area contributed by atoms with E-state index >= 15 is 0 Å². The van der Waals surface area contributed by atoms with Gasteiger partial charge in [0.25, 0.3) is 0 Å². The van der Waals surface area contributed by atoms with E-state index in [1.165, 1.54) is 0 Å². The Hall–Kier alpha value is -0.120. The molecule has 0 heterocycles. The van der Waals surface area contributed by atoms with Gasteiger partial charge in [0.15, 0.2) is 0 Å². The molecule has 5 N–H and O–H groups in total. The zero-order valence-electron chi connectivity index (χ0n) is 4.78. The summed E-state index contributed by atoms with van der Waals surface area (Å²) in [5.74, 6) is 0. The van der Waals surface area contributed by atoms with Gasteiger partial charge in [-0.15, -0.1) is 0 Å². The molecular formula is C4H18N2O. The molecule has 0 aromatic heterocycles. The second-order valence-corrected chi connectivity index (χ2v) is 1.26. The average Bonchev–Trinajstić information content (AvgIpc) is 1.61. The van der Waals surface area contributed by atoms with Crippen molar-refractivity contribution >= 4 is 0 Å². The highest BCUT2D eigenvalue weighted by Gasteiger charge is 1.74. The molecule has 0 fully saturated rings. The van der Waals surface area contributed by atoms with Crippen molar-refractivity contribution in [2.75, 3.05) is 6.54 Å². The van der Waals surface area contributed by atoms with Crippen LogP contribution in [0.5, 0.6) is 0 Å². The fourth-order valence-electron chi connectivity index (χ4n) is 0.256. The van der Waals surface area contributed by atoms with Crippen LogP contribution in [0, 0.1) is 0 Å². The Bertz CT molecular complexity index is 28.5. The first-order chi connectivity index (χ1) is 2.91. The number of hydroxylamine groups is 1. The van der Waals surface area contributed by atoms with E-state index in [1.807, 2.05) is 0 Å². The lowest BCUT2D eigenvalue weighted by molar-refractivity contribution is 0.165. The molecule has 0 amide bonds. The van der Waals surface area contributed by atoms with E-state index in [1.54, 1.807) is 0 Å². The van der Waals surface area contributed by atoms with Crippen LogP contribution in [-0.4, -0.2) is 11.8 Å². The Morgan fingerprint density at radius 2 is 2.29 bits per heavy atom. The molecule has 0 saturated heterocycles. The summed E-state index contributed by atoms with van der Waals surface area (Å²) >= 11 is 0. The zero-order chi connectivity index (χ0) is 4.83. The van der Waals surface area contributed by atoms with Gasteiger partial charge in [-0.1, -0.05) is 13.3 Å². The smallest absolute Gasteiger partial charge is 0.0207 e. The molecule has 0 aliphatic heterocycles. The van der Waals surface area contributed by atoms with Gasteiger partial charge < -0.3 is 11.4 Å². The molecule has 0 saturated carbocycles. The molecule has 0 aromatic rings. The fraction of sp³-hybridized carbons (Fsp3) is 1.00. The van der Waals surface area contributed by atoms with Crippen molar-refractivity contribution < 1.29 is 8.06 Å². The van der Waals surface area contributed by atoms with Crippen LogP contribution in [0.4, 0.5) is 0 Å². The van der Waals surface area contributed by atoms with E-state index < -0.39 is 0 Å². The highest BCUT2D eigenvalue weighted by Crippen LogP contribution is 1.79. The molecule has 0 aromatic carbocycles. The van der Waals surface area contributed by atoms with Gasteiger partial charge in [-0.25, -0.2) is 5.48 Å². The van der Waals surface area contributed by atoms with Crippen LogP contribution in [0.2, 0.25) is 0 Å². The monoisotopic (exact) mass is 110 g/mol. The second-order valence-electron chi connectivity index (χ2n) is 1.26. The van der Waals surface area contributed by atoms with Crippen LogP contribution in [0.15, 0.2) is 0 Å². The predicted octanol–water partition coefficient (Wildman–Crippen LogP) is 1.42. The van der Waals surface area contributed by atoms with Crippen molar-refractivity contribution in [2.45, 2.75) is 19.8 Å². The first kappa shape index (κ1) is 9.99. The number of rotatable bonds is 3. The summed E-state index contributed by atoms with van der Waals surface area (Å²) in [6.45, 7) is 2.80. The van der Waals surface area contributed by atoms with E-state index in [9.17, 15) is 0 Å². The van der Waals surface area contributed by atoms with Crippen LogP contribution in [-0.2, 0) is 0 Å². The summed E-state index contributed by atoms with van der Waals surface area (Å²) in [7, 11) is 0. The van der Waals surface area contributed by atoms with Crippen molar-refractivity contribution in [3.8, 4) is 0 Å². The Labute approximate surface area is 47.2 Å². The van der Waals surface area contributed by atoms with E-state index in [2.05, 4.69) is 12.4 Å². The van der Waals surface area contributed by atoms with Crippen LogP contribution >= 0.6 is 0 Å². The van der Waals surface area contributed by atoms with Crippen LogP contribution in [0.1, 0.15) is 22.6 Å². The lowest BCUT2D eigenvalue weighted by Crippen LogP contribution is -2.07. The first-order valence-corrected chi connectivity index (χ1v) is 2.28. The Balaban J connectivity index is -0.0000000417. The van der Waals surface area contributed by atoms with Crippen LogP contribution < -0.4 is 11.6 Å². The zero-order valence-corrected chi connectivity index (χ0v) is 4.78. The predicted molar refractivity (Wildman–Crippen MR) is 33.9 cm³/mol. The molecule has 0 rings (SSSR count). The number of hydrogen-bond acceptors (Lipinski definition) is 3. The molecule has 0 atom stereocenters. The summed E-state index contributed by atoms with van der Waals surface area (Å²) in [5, 5.41) is 7.95. The van der Waals surface area contributed by atoms with Crippen molar-refractivity contribution in [1.82, 2.24) is 11.6 Å². The third-order valence-corrected chi connectivity index (χ3v) is 0.642. The Morgan fingerprint density at radius 1 is 1.71 bits per heavy atom.